The topological polar surface area (TPSA) is 21.3 Å². The highest BCUT2D eigenvalue weighted by molar-refractivity contribution is 5.23. The van der Waals surface area contributed by atoms with Crippen LogP contribution in [0.1, 0.15) is 44.7 Å². The highest BCUT2D eigenvalue weighted by Gasteiger charge is 2.26. The molecule has 1 saturated heterocycles. The largest absolute Gasteiger partial charge is 0.381 e. The second-order valence-electron chi connectivity index (χ2n) is 6.44. The van der Waals surface area contributed by atoms with Crippen molar-refractivity contribution < 1.29 is 4.74 Å². The highest BCUT2D eigenvalue weighted by Crippen LogP contribution is 2.20. The fourth-order valence-electron chi connectivity index (χ4n) is 2.58. The summed E-state index contributed by atoms with van der Waals surface area (Å²) in [5.41, 5.74) is 3.06. The molecule has 1 aromatic carbocycles. The van der Waals surface area contributed by atoms with Crippen LogP contribution in [0.4, 0.5) is 0 Å². The molecule has 1 N–H and O–H groups in total. The predicted molar refractivity (Wildman–Crippen MR) is 80.3 cm³/mol. The van der Waals surface area contributed by atoms with Gasteiger partial charge >= 0.3 is 0 Å². The molecule has 0 spiro atoms. The summed E-state index contributed by atoms with van der Waals surface area (Å²) in [7, 11) is 0. The van der Waals surface area contributed by atoms with Crippen molar-refractivity contribution >= 4 is 0 Å². The summed E-state index contributed by atoms with van der Waals surface area (Å²) in [6, 6.07) is 9.05. The lowest BCUT2D eigenvalue weighted by molar-refractivity contribution is 0.0446. The minimum absolute atomic E-state index is 0.245. The van der Waals surface area contributed by atoms with Crippen LogP contribution in [0, 0.1) is 5.92 Å². The van der Waals surface area contributed by atoms with Crippen LogP contribution in [0.5, 0.6) is 0 Å². The summed E-state index contributed by atoms with van der Waals surface area (Å²) in [6.45, 7) is 9.57. The van der Waals surface area contributed by atoms with Crippen molar-refractivity contribution in [2.24, 2.45) is 5.92 Å². The summed E-state index contributed by atoms with van der Waals surface area (Å²) in [5.74, 6) is 0.727. The van der Waals surface area contributed by atoms with E-state index in [9.17, 15) is 0 Å². The molecule has 0 bridgehead atoms. The fraction of sp³-hybridized carbons (Fsp3) is 0.647. The molecule has 2 nitrogen and oxygen atoms in total. The first-order valence-electron chi connectivity index (χ1n) is 7.48. The van der Waals surface area contributed by atoms with E-state index in [0.29, 0.717) is 0 Å². The number of rotatable bonds is 5. The van der Waals surface area contributed by atoms with E-state index < -0.39 is 0 Å². The van der Waals surface area contributed by atoms with Crippen molar-refractivity contribution in [2.45, 2.75) is 52.1 Å². The van der Waals surface area contributed by atoms with Gasteiger partial charge in [0.2, 0.25) is 0 Å². The number of hydrogen-bond donors (Lipinski definition) is 1. The lowest BCUT2D eigenvalue weighted by atomic mass is 9.92. The van der Waals surface area contributed by atoms with Crippen LogP contribution in [0.3, 0.4) is 0 Å². The molecule has 0 unspecified atom stereocenters. The molecule has 1 heterocycles. The molecule has 0 amide bonds. The third kappa shape index (κ3) is 4.63. The first kappa shape index (κ1) is 14.5. The van der Waals surface area contributed by atoms with Crippen LogP contribution in [-0.4, -0.2) is 18.8 Å². The third-order valence-corrected chi connectivity index (χ3v) is 3.98. The SMILES string of the molecule is CC(C)Cc1ccc(CNC2(C)CCOCC2)cc1. The van der Waals surface area contributed by atoms with E-state index in [1.165, 1.54) is 17.5 Å². The van der Waals surface area contributed by atoms with Gasteiger partial charge in [0, 0.05) is 25.3 Å². The summed E-state index contributed by atoms with van der Waals surface area (Å²) in [4.78, 5) is 0. The van der Waals surface area contributed by atoms with Crippen molar-refractivity contribution in [3.63, 3.8) is 0 Å². The average molecular weight is 261 g/mol. The first-order chi connectivity index (χ1) is 9.07. The third-order valence-electron chi connectivity index (χ3n) is 3.98. The standard InChI is InChI=1S/C17H27NO/c1-14(2)12-15-4-6-16(7-5-15)13-18-17(3)8-10-19-11-9-17/h4-7,14,18H,8-13H2,1-3H3. The Morgan fingerprint density at radius 3 is 2.26 bits per heavy atom. The molecule has 1 fully saturated rings. The van der Waals surface area contributed by atoms with Crippen LogP contribution in [0.2, 0.25) is 0 Å². The molecule has 19 heavy (non-hydrogen) atoms. The zero-order valence-corrected chi connectivity index (χ0v) is 12.5. The Hall–Kier alpha value is -0.860. The molecule has 0 aliphatic carbocycles. The Labute approximate surface area is 117 Å². The molecule has 1 aliphatic heterocycles. The summed E-state index contributed by atoms with van der Waals surface area (Å²) >= 11 is 0. The normalized spacial score (nSPS) is 18.7. The van der Waals surface area contributed by atoms with Gasteiger partial charge in [0.1, 0.15) is 0 Å². The lowest BCUT2D eigenvalue weighted by Gasteiger charge is -2.34. The number of nitrogens with one attached hydrogen (secondary N) is 1. The van der Waals surface area contributed by atoms with Gasteiger partial charge in [-0.25, -0.2) is 0 Å². The van der Waals surface area contributed by atoms with Gasteiger partial charge in [-0.3, -0.25) is 0 Å². The van der Waals surface area contributed by atoms with Crippen LogP contribution in [0.25, 0.3) is 0 Å². The maximum Gasteiger partial charge on any atom is 0.0483 e. The molecule has 0 saturated carbocycles. The van der Waals surface area contributed by atoms with Gasteiger partial charge in [0.15, 0.2) is 0 Å². The minimum Gasteiger partial charge on any atom is -0.381 e. The van der Waals surface area contributed by atoms with Gasteiger partial charge in [-0.1, -0.05) is 38.1 Å². The van der Waals surface area contributed by atoms with E-state index in [0.717, 1.165) is 38.5 Å². The van der Waals surface area contributed by atoms with Crippen molar-refractivity contribution in [3.05, 3.63) is 35.4 Å². The molecule has 2 rings (SSSR count). The van der Waals surface area contributed by atoms with E-state index in [1.807, 2.05) is 0 Å². The van der Waals surface area contributed by atoms with Crippen molar-refractivity contribution in [1.82, 2.24) is 5.32 Å². The Balaban J connectivity index is 1.85. The Bertz CT molecular complexity index is 377. The van der Waals surface area contributed by atoms with Gasteiger partial charge in [-0.2, -0.15) is 0 Å². The van der Waals surface area contributed by atoms with Gasteiger partial charge in [-0.15, -0.1) is 0 Å². The number of ether oxygens (including phenoxy) is 1. The zero-order chi connectivity index (χ0) is 13.7. The molecule has 0 aromatic heterocycles. The van der Waals surface area contributed by atoms with E-state index in [-0.39, 0.29) is 5.54 Å². The summed E-state index contributed by atoms with van der Waals surface area (Å²) < 4.78 is 5.43. The second kappa shape index (κ2) is 6.53. The Kier molecular flexibility index (Phi) is 5.00. The number of benzene rings is 1. The van der Waals surface area contributed by atoms with Crippen molar-refractivity contribution in [3.8, 4) is 0 Å². The van der Waals surface area contributed by atoms with Gasteiger partial charge in [0.05, 0.1) is 0 Å². The molecule has 106 valence electrons. The molecule has 0 atom stereocenters. The molecular weight excluding hydrogens is 234 g/mol. The zero-order valence-electron chi connectivity index (χ0n) is 12.5. The highest BCUT2D eigenvalue weighted by atomic mass is 16.5. The van der Waals surface area contributed by atoms with Gasteiger partial charge in [-0.05, 0) is 43.2 Å². The average Bonchev–Trinajstić information content (AvgIpc) is 2.38. The number of hydrogen-bond acceptors (Lipinski definition) is 2. The maximum absolute atomic E-state index is 5.43. The summed E-state index contributed by atoms with van der Waals surface area (Å²) in [6.07, 6.45) is 3.39. The fourth-order valence-corrected chi connectivity index (χ4v) is 2.58. The van der Waals surface area contributed by atoms with Gasteiger partial charge in [0.25, 0.3) is 0 Å². The first-order valence-corrected chi connectivity index (χ1v) is 7.48. The summed E-state index contributed by atoms with van der Waals surface area (Å²) in [5, 5.41) is 3.69. The minimum atomic E-state index is 0.245. The Morgan fingerprint density at radius 2 is 1.68 bits per heavy atom. The Morgan fingerprint density at radius 1 is 1.11 bits per heavy atom. The quantitative estimate of drug-likeness (QED) is 0.875. The van der Waals surface area contributed by atoms with E-state index >= 15 is 0 Å². The van der Waals surface area contributed by atoms with Gasteiger partial charge < -0.3 is 10.1 Å². The van der Waals surface area contributed by atoms with Crippen LogP contribution in [0.15, 0.2) is 24.3 Å². The van der Waals surface area contributed by atoms with E-state index in [2.05, 4.69) is 50.4 Å². The molecule has 1 aliphatic rings. The van der Waals surface area contributed by atoms with Crippen LogP contribution < -0.4 is 5.32 Å². The van der Waals surface area contributed by atoms with Crippen molar-refractivity contribution in [2.75, 3.05) is 13.2 Å². The maximum atomic E-state index is 5.43. The van der Waals surface area contributed by atoms with Crippen LogP contribution >= 0.6 is 0 Å². The lowest BCUT2D eigenvalue weighted by Crippen LogP contribution is -2.46. The molecule has 1 aromatic rings. The van der Waals surface area contributed by atoms with E-state index in [4.69, 9.17) is 4.74 Å². The predicted octanol–water partition coefficient (Wildman–Crippen LogP) is 3.54. The monoisotopic (exact) mass is 261 g/mol. The van der Waals surface area contributed by atoms with Crippen LogP contribution in [-0.2, 0) is 17.7 Å². The van der Waals surface area contributed by atoms with Crippen molar-refractivity contribution in [1.29, 1.82) is 0 Å². The van der Waals surface area contributed by atoms with E-state index in [1.54, 1.807) is 0 Å². The second-order valence-corrected chi connectivity index (χ2v) is 6.44. The molecular formula is C17H27NO. The molecule has 2 heteroatoms. The smallest absolute Gasteiger partial charge is 0.0483 e. The molecule has 0 radical (unpaired) electrons.